The summed E-state index contributed by atoms with van der Waals surface area (Å²) in [5, 5.41) is 8.57. The van der Waals surface area contributed by atoms with E-state index in [2.05, 4.69) is 10.4 Å². The van der Waals surface area contributed by atoms with E-state index in [0.717, 1.165) is 35.0 Å². The molecule has 0 atom stereocenters. The first-order valence-electron chi connectivity index (χ1n) is 8.57. The van der Waals surface area contributed by atoms with Gasteiger partial charge in [0.1, 0.15) is 5.82 Å². The first kappa shape index (κ1) is 17.1. The van der Waals surface area contributed by atoms with Gasteiger partial charge < -0.3 is 5.32 Å². The van der Waals surface area contributed by atoms with Gasteiger partial charge in [-0.3, -0.25) is 9.48 Å². The number of benzene rings is 2. The van der Waals surface area contributed by atoms with Crippen molar-refractivity contribution in [1.82, 2.24) is 15.1 Å². The molecule has 0 fully saturated rings. The second-order valence-corrected chi connectivity index (χ2v) is 6.16. The number of carbonyl (C=O) groups excluding carboxylic acids is 1. The highest BCUT2D eigenvalue weighted by atomic mass is 19.1. The standard InChI is InChI=1S/C20H22FN3O/c1-15-18-6-2-3-7-19(18)24(23-15)14-12-20(25)22-13-4-5-16-8-10-17(21)11-9-16/h2-3,6-11H,4-5,12-14H2,1H3,(H,22,25). The molecule has 3 aromatic rings. The van der Waals surface area contributed by atoms with E-state index in [4.69, 9.17) is 0 Å². The van der Waals surface area contributed by atoms with Crippen LogP contribution in [0, 0.1) is 12.7 Å². The molecule has 1 heterocycles. The summed E-state index contributed by atoms with van der Waals surface area (Å²) in [5.74, 6) is -0.199. The average Bonchev–Trinajstić information content (AvgIpc) is 2.95. The summed E-state index contributed by atoms with van der Waals surface area (Å²) < 4.78 is 14.7. The van der Waals surface area contributed by atoms with Gasteiger partial charge in [-0.05, 0) is 43.5 Å². The topological polar surface area (TPSA) is 46.9 Å². The number of fused-ring (bicyclic) bond motifs is 1. The van der Waals surface area contributed by atoms with Gasteiger partial charge in [0.25, 0.3) is 0 Å². The van der Waals surface area contributed by atoms with Crippen LogP contribution in [0.4, 0.5) is 4.39 Å². The Morgan fingerprint density at radius 3 is 2.72 bits per heavy atom. The van der Waals surface area contributed by atoms with Crippen LogP contribution in [0.25, 0.3) is 10.9 Å². The lowest BCUT2D eigenvalue weighted by Gasteiger charge is -2.06. The van der Waals surface area contributed by atoms with Crippen LogP contribution in [0.3, 0.4) is 0 Å². The minimum Gasteiger partial charge on any atom is -0.356 e. The summed E-state index contributed by atoms with van der Waals surface area (Å²) in [6, 6.07) is 14.5. The molecule has 2 aromatic carbocycles. The first-order chi connectivity index (χ1) is 12.1. The number of carbonyl (C=O) groups is 1. The zero-order chi connectivity index (χ0) is 17.6. The van der Waals surface area contributed by atoms with Crippen molar-refractivity contribution in [3.05, 3.63) is 65.6 Å². The van der Waals surface area contributed by atoms with E-state index in [9.17, 15) is 9.18 Å². The molecule has 130 valence electrons. The predicted molar refractivity (Wildman–Crippen MR) is 96.8 cm³/mol. The van der Waals surface area contributed by atoms with Crippen molar-refractivity contribution in [2.45, 2.75) is 32.7 Å². The molecule has 0 unspecified atom stereocenters. The van der Waals surface area contributed by atoms with Gasteiger partial charge in [-0.15, -0.1) is 0 Å². The summed E-state index contributed by atoms with van der Waals surface area (Å²) in [4.78, 5) is 12.0. The fourth-order valence-corrected chi connectivity index (χ4v) is 2.93. The third kappa shape index (κ3) is 4.44. The molecule has 0 aliphatic carbocycles. The van der Waals surface area contributed by atoms with E-state index in [0.29, 0.717) is 19.5 Å². The van der Waals surface area contributed by atoms with Crippen LogP contribution in [0.15, 0.2) is 48.5 Å². The van der Waals surface area contributed by atoms with Crippen molar-refractivity contribution in [3.63, 3.8) is 0 Å². The minimum atomic E-state index is -0.224. The molecule has 1 aromatic heterocycles. The normalized spacial score (nSPS) is 11.0. The quantitative estimate of drug-likeness (QED) is 0.668. The number of rotatable bonds is 7. The number of aryl methyl sites for hydroxylation is 3. The number of para-hydroxylation sites is 1. The molecule has 0 saturated heterocycles. The highest BCUT2D eigenvalue weighted by Crippen LogP contribution is 2.17. The number of hydrogen-bond acceptors (Lipinski definition) is 2. The van der Waals surface area contributed by atoms with Crippen molar-refractivity contribution in [1.29, 1.82) is 0 Å². The summed E-state index contributed by atoms with van der Waals surface area (Å²) in [6.45, 7) is 3.17. The molecule has 0 radical (unpaired) electrons. The molecule has 4 nitrogen and oxygen atoms in total. The third-order valence-electron chi connectivity index (χ3n) is 4.27. The Morgan fingerprint density at radius 2 is 1.92 bits per heavy atom. The second-order valence-electron chi connectivity index (χ2n) is 6.16. The van der Waals surface area contributed by atoms with Gasteiger partial charge in [0.05, 0.1) is 17.8 Å². The number of halogens is 1. The predicted octanol–water partition coefficient (Wildman–Crippen LogP) is 3.62. The van der Waals surface area contributed by atoms with Gasteiger partial charge in [0, 0.05) is 18.4 Å². The summed E-state index contributed by atoms with van der Waals surface area (Å²) >= 11 is 0. The van der Waals surface area contributed by atoms with E-state index in [1.807, 2.05) is 35.9 Å². The lowest BCUT2D eigenvalue weighted by molar-refractivity contribution is -0.121. The molecule has 3 rings (SSSR count). The van der Waals surface area contributed by atoms with E-state index in [1.54, 1.807) is 12.1 Å². The van der Waals surface area contributed by atoms with E-state index in [1.165, 1.54) is 12.1 Å². The zero-order valence-electron chi connectivity index (χ0n) is 14.3. The zero-order valence-corrected chi connectivity index (χ0v) is 14.3. The molecule has 25 heavy (non-hydrogen) atoms. The Balaban J connectivity index is 1.42. The summed E-state index contributed by atoms with van der Waals surface area (Å²) in [6.07, 6.45) is 2.06. The average molecular weight is 339 g/mol. The number of nitrogens with one attached hydrogen (secondary N) is 1. The Hall–Kier alpha value is -2.69. The lowest BCUT2D eigenvalue weighted by Crippen LogP contribution is -2.25. The summed E-state index contributed by atoms with van der Waals surface area (Å²) in [7, 11) is 0. The molecule has 5 heteroatoms. The number of nitrogens with zero attached hydrogens (tertiary/aromatic N) is 2. The minimum absolute atomic E-state index is 0.0244. The Kier molecular flexibility index (Phi) is 5.43. The SMILES string of the molecule is Cc1nn(CCC(=O)NCCCc2ccc(F)cc2)c2ccccc12. The van der Waals surface area contributed by atoms with Gasteiger partial charge in [0.2, 0.25) is 5.91 Å². The highest BCUT2D eigenvalue weighted by Gasteiger charge is 2.08. The van der Waals surface area contributed by atoms with Gasteiger partial charge in [-0.2, -0.15) is 5.10 Å². The largest absolute Gasteiger partial charge is 0.356 e. The van der Waals surface area contributed by atoms with Crippen molar-refractivity contribution < 1.29 is 9.18 Å². The third-order valence-corrected chi connectivity index (χ3v) is 4.27. The van der Waals surface area contributed by atoms with Crippen LogP contribution < -0.4 is 5.32 Å². The maximum Gasteiger partial charge on any atom is 0.221 e. The highest BCUT2D eigenvalue weighted by molar-refractivity contribution is 5.82. The Morgan fingerprint density at radius 1 is 1.16 bits per heavy atom. The summed E-state index contributed by atoms with van der Waals surface area (Å²) in [5.41, 5.74) is 3.12. The molecule has 1 amide bonds. The molecule has 0 saturated carbocycles. The molecule has 1 N–H and O–H groups in total. The van der Waals surface area contributed by atoms with Crippen molar-refractivity contribution >= 4 is 16.8 Å². The second kappa shape index (κ2) is 7.92. The van der Waals surface area contributed by atoms with Crippen molar-refractivity contribution in [2.75, 3.05) is 6.54 Å². The first-order valence-corrected chi connectivity index (χ1v) is 8.57. The van der Waals surface area contributed by atoms with Crippen molar-refractivity contribution in [2.24, 2.45) is 0 Å². The van der Waals surface area contributed by atoms with Gasteiger partial charge >= 0.3 is 0 Å². The van der Waals surface area contributed by atoms with Crippen LogP contribution >= 0.6 is 0 Å². The number of aromatic nitrogens is 2. The van der Waals surface area contributed by atoms with Crippen LogP contribution in [0.5, 0.6) is 0 Å². The van der Waals surface area contributed by atoms with Gasteiger partial charge in [0.15, 0.2) is 0 Å². The Bertz CT molecular complexity index is 855. The van der Waals surface area contributed by atoms with Gasteiger partial charge in [-0.25, -0.2) is 4.39 Å². The van der Waals surface area contributed by atoms with E-state index >= 15 is 0 Å². The molecular formula is C20H22FN3O. The van der Waals surface area contributed by atoms with Gasteiger partial charge in [-0.1, -0.05) is 30.3 Å². The molecular weight excluding hydrogens is 317 g/mol. The molecule has 0 aliphatic heterocycles. The van der Waals surface area contributed by atoms with Crippen LogP contribution in [0.1, 0.15) is 24.1 Å². The van der Waals surface area contributed by atoms with Crippen LogP contribution in [-0.2, 0) is 17.8 Å². The maximum atomic E-state index is 12.8. The van der Waals surface area contributed by atoms with E-state index < -0.39 is 0 Å². The lowest BCUT2D eigenvalue weighted by atomic mass is 10.1. The van der Waals surface area contributed by atoms with E-state index in [-0.39, 0.29) is 11.7 Å². The smallest absolute Gasteiger partial charge is 0.221 e. The fraction of sp³-hybridized carbons (Fsp3) is 0.300. The van der Waals surface area contributed by atoms with Crippen LogP contribution in [0.2, 0.25) is 0 Å². The maximum absolute atomic E-state index is 12.8. The van der Waals surface area contributed by atoms with Crippen molar-refractivity contribution in [3.8, 4) is 0 Å². The molecule has 0 bridgehead atoms. The fourth-order valence-electron chi connectivity index (χ4n) is 2.93. The van der Waals surface area contributed by atoms with Crippen LogP contribution in [-0.4, -0.2) is 22.2 Å². The number of amides is 1. The molecule has 0 aliphatic rings. The number of hydrogen-bond donors (Lipinski definition) is 1. The molecule has 0 spiro atoms. The Labute approximate surface area is 146 Å². The monoisotopic (exact) mass is 339 g/mol.